The van der Waals surface area contributed by atoms with Crippen molar-refractivity contribution in [3.63, 3.8) is 0 Å². The van der Waals surface area contributed by atoms with E-state index in [0.29, 0.717) is 5.69 Å². The van der Waals surface area contributed by atoms with Gasteiger partial charge in [0.05, 0.1) is 18.4 Å². The van der Waals surface area contributed by atoms with Crippen molar-refractivity contribution in [3.8, 4) is 11.5 Å². The van der Waals surface area contributed by atoms with Gasteiger partial charge in [-0.1, -0.05) is 17.7 Å². The van der Waals surface area contributed by atoms with Crippen LogP contribution in [-0.2, 0) is 0 Å². The minimum absolute atomic E-state index is 0.0990. The van der Waals surface area contributed by atoms with E-state index in [2.05, 4.69) is 10.3 Å². The summed E-state index contributed by atoms with van der Waals surface area (Å²) in [5, 5.41) is 12.7. The van der Waals surface area contributed by atoms with Gasteiger partial charge in [-0.2, -0.15) is 0 Å². The number of phenols is 1. The molecule has 20 heavy (non-hydrogen) atoms. The first-order chi connectivity index (χ1) is 9.52. The van der Waals surface area contributed by atoms with Crippen molar-refractivity contribution in [2.45, 2.75) is 6.92 Å². The van der Waals surface area contributed by atoms with E-state index >= 15 is 0 Å². The van der Waals surface area contributed by atoms with Crippen molar-refractivity contribution in [3.05, 3.63) is 46.7 Å². The van der Waals surface area contributed by atoms with E-state index in [4.69, 9.17) is 16.3 Å². The maximum atomic E-state index is 12.2. The number of hydrogen-bond donors (Lipinski definition) is 2. The first kappa shape index (κ1) is 14.1. The molecule has 2 rings (SSSR count). The number of anilines is 1. The quantitative estimate of drug-likeness (QED) is 0.853. The molecule has 0 radical (unpaired) electrons. The molecule has 0 aliphatic heterocycles. The van der Waals surface area contributed by atoms with Crippen LogP contribution in [0.2, 0.25) is 5.15 Å². The third-order valence-electron chi connectivity index (χ3n) is 2.69. The summed E-state index contributed by atoms with van der Waals surface area (Å²) in [4.78, 5) is 16.1. The highest BCUT2D eigenvalue weighted by molar-refractivity contribution is 6.32. The van der Waals surface area contributed by atoms with E-state index in [-0.39, 0.29) is 22.2 Å². The monoisotopic (exact) mass is 292 g/mol. The zero-order valence-electron chi connectivity index (χ0n) is 11.0. The second-order valence-electron chi connectivity index (χ2n) is 4.16. The maximum absolute atomic E-state index is 12.2. The van der Waals surface area contributed by atoms with Crippen molar-refractivity contribution in [2.24, 2.45) is 0 Å². The summed E-state index contributed by atoms with van der Waals surface area (Å²) in [5.74, 6) is -0.481. The van der Waals surface area contributed by atoms with Gasteiger partial charge in [0, 0.05) is 6.20 Å². The molecule has 0 unspecified atom stereocenters. The average molecular weight is 293 g/mol. The molecule has 0 atom stereocenters. The Bertz CT molecular complexity index is 659. The molecule has 1 amide bonds. The van der Waals surface area contributed by atoms with Crippen molar-refractivity contribution in [2.75, 3.05) is 12.4 Å². The predicted octanol–water partition coefficient (Wildman–Crippen LogP) is 3.01. The summed E-state index contributed by atoms with van der Waals surface area (Å²) in [7, 11) is 1.41. The van der Waals surface area contributed by atoms with Crippen LogP contribution in [0.4, 0.5) is 5.69 Å². The number of nitrogens with one attached hydrogen (secondary N) is 1. The molecule has 0 fully saturated rings. The number of halogens is 1. The molecule has 0 saturated carbocycles. The largest absolute Gasteiger partial charge is 0.504 e. The van der Waals surface area contributed by atoms with Gasteiger partial charge in [-0.05, 0) is 30.7 Å². The lowest BCUT2D eigenvalue weighted by molar-refractivity contribution is 0.102. The molecule has 2 aromatic rings. The number of para-hydroxylation sites is 1. The van der Waals surface area contributed by atoms with Gasteiger partial charge in [0.1, 0.15) is 0 Å². The zero-order chi connectivity index (χ0) is 14.7. The maximum Gasteiger partial charge on any atom is 0.259 e. The second kappa shape index (κ2) is 5.79. The standard InChI is InChI=1S/C14H13ClN2O3/c1-8-6-10(13(15)16-7-8)17-14(19)9-4-3-5-11(20-2)12(9)18/h3-7,18H,1-2H3,(H,17,19). The summed E-state index contributed by atoms with van der Waals surface area (Å²) in [6.07, 6.45) is 1.60. The molecule has 0 bridgehead atoms. The molecular weight excluding hydrogens is 280 g/mol. The number of aromatic hydroxyl groups is 1. The minimum atomic E-state index is -0.490. The first-order valence-electron chi connectivity index (χ1n) is 5.82. The van der Waals surface area contributed by atoms with Crippen LogP contribution in [-0.4, -0.2) is 23.1 Å². The van der Waals surface area contributed by atoms with E-state index in [1.54, 1.807) is 24.4 Å². The summed E-state index contributed by atoms with van der Waals surface area (Å²) in [6, 6.07) is 6.37. The van der Waals surface area contributed by atoms with E-state index in [0.717, 1.165) is 5.56 Å². The van der Waals surface area contributed by atoms with Gasteiger partial charge in [0.25, 0.3) is 5.91 Å². The molecule has 6 heteroatoms. The minimum Gasteiger partial charge on any atom is -0.504 e. The molecule has 2 N–H and O–H groups in total. The number of carbonyl (C=O) groups excluding carboxylic acids is 1. The number of hydrogen-bond acceptors (Lipinski definition) is 4. The third-order valence-corrected chi connectivity index (χ3v) is 2.99. The van der Waals surface area contributed by atoms with Gasteiger partial charge in [0.2, 0.25) is 0 Å². The van der Waals surface area contributed by atoms with Crippen molar-refractivity contribution < 1.29 is 14.6 Å². The lowest BCUT2D eigenvalue weighted by Crippen LogP contribution is -2.13. The fourth-order valence-electron chi connectivity index (χ4n) is 1.70. The van der Waals surface area contributed by atoms with Crippen LogP contribution >= 0.6 is 11.6 Å². The van der Waals surface area contributed by atoms with Crippen LogP contribution in [0.5, 0.6) is 11.5 Å². The smallest absolute Gasteiger partial charge is 0.259 e. The fraction of sp³-hybridized carbons (Fsp3) is 0.143. The lowest BCUT2D eigenvalue weighted by atomic mass is 10.1. The summed E-state index contributed by atoms with van der Waals surface area (Å²) in [5.41, 5.74) is 1.35. The highest BCUT2D eigenvalue weighted by Gasteiger charge is 2.16. The molecule has 0 saturated heterocycles. The number of aryl methyl sites for hydroxylation is 1. The molecule has 5 nitrogen and oxygen atoms in total. The lowest BCUT2D eigenvalue weighted by Gasteiger charge is -2.10. The number of rotatable bonds is 3. The van der Waals surface area contributed by atoms with Crippen LogP contribution in [0.1, 0.15) is 15.9 Å². The Morgan fingerprint density at radius 1 is 1.45 bits per heavy atom. The molecule has 1 aromatic carbocycles. The summed E-state index contributed by atoms with van der Waals surface area (Å²) < 4.78 is 4.96. The van der Waals surface area contributed by atoms with Crippen LogP contribution in [0.3, 0.4) is 0 Å². The number of ether oxygens (including phenoxy) is 1. The average Bonchev–Trinajstić information content (AvgIpc) is 2.43. The topological polar surface area (TPSA) is 71.5 Å². The van der Waals surface area contributed by atoms with Crippen molar-refractivity contribution in [1.82, 2.24) is 4.98 Å². The number of methoxy groups -OCH3 is 1. The number of benzene rings is 1. The number of carbonyl (C=O) groups is 1. The normalized spacial score (nSPS) is 10.2. The molecule has 0 spiro atoms. The van der Waals surface area contributed by atoms with E-state index < -0.39 is 5.91 Å². The van der Waals surface area contributed by atoms with E-state index in [1.165, 1.54) is 13.2 Å². The molecule has 1 heterocycles. The first-order valence-corrected chi connectivity index (χ1v) is 6.20. The predicted molar refractivity (Wildman–Crippen MR) is 76.6 cm³/mol. The highest BCUT2D eigenvalue weighted by atomic mass is 35.5. The van der Waals surface area contributed by atoms with E-state index in [9.17, 15) is 9.90 Å². The fourth-order valence-corrected chi connectivity index (χ4v) is 1.85. The van der Waals surface area contributed by atoms with Gasteiger partial charge < -0.3 is 15.2 Å². The Balaban J connectivity index is 2.31. The van der Waals surface area contributed by atoms with Crippen LogP contribution < -0.4 is 10.1 Å². The van der Waals surface area contributed by atoms with Crippen molar-refractivity contribution in [1.29, 1.82) is 0 Å². The van der Waals surface area contributed by atoms with Crippen LogP contribution in [0, 0.1) is 6.92 Å². The number of nitrogens with zero attached hydrogens (tertiary/aromatic N) is 1. The second-order valence-corrected chi connectivity index (χ2v) is 4.52. The number of amides is 1. The Labute approximate surface area is 121 Å². The molecular formula is C14H13ClN2O3. The third kappa shape index (κ3) is 2.83. The molecule has 104 valence electrons. The molecule has 0 aliphatic rings. The summed E-state index contributed by atoms with van der Waals surface area (Å²) >= 11 is 5.91. The number of aromatic nitrogens is 1. The van der Waals surface area contributed by atoms with Crippen LogP contribution in [0.25, 0.3) is 0 Å². The Morgan fingerprint density at radius 2 is 2.20 bits per heavy atom. The zero-order valence-corrected chi connectivity index (χ0v) is 11.7. The van der Waals surface area contributed by atoms with Gasteiger partial charge in [0.15, 0.2) is 16.7 Å². The van der Waals surface area contributed by atoms with Gasteiger partial charge >= 0.3 is 0 Å². The van der Waals surface area contributed by atoms with Crippen molar-refractivity contribution >= 4 is 23.2 Å². The number of phenolic OH excluding ortho intramolecular Hbond substituents is 1. The summed E-state index contributed by atoms with van der Waals surface area (Å²) in [6.45, 7) is 1.84. The molecule has 1 aromatic heterocycles. The Morgan fingerprint density at radius 3 is 2.90 bits per heavy atom. The highest BCUT2D eigenvalue weighted by Crippen LogP contribution is 2.30. The van der Waals surface area contributed by atoms with Gasteiger partial charge in [-0.25, -0.2) is 4.98 Å². The Kier molecular flexibility index (Phi) is 4.10. The van der Waals surface area contributed by atoms with Gasteiger partial charge in [-0.3, -0.25) is 4.79 Å². The molecule has 0 aliphatic carbocycles. The number of pyridine rings is 1. The van der Waals surface area contributed by atoms with Gasteiger partial charge in [-0.15, -0.1) is 0 Å². The van der Waals surface area contributed by atoms with E-state index in [1.807, 2.05) is 6.92 Å². The van der Waals surface area contributed by atoms with Crippen LogP contribution in [0.15, 0.2) is 30.5 Å². The Hall–Kier alpha value is -2.27. The SMILES string of the molecule is COc1cccc(C(=O)Nc2cc(C)cnc2Cl)c1O.